The molecule has 2 heterocycles. The Morgan fingerprint density at radius 2 is 2.27 bits per heavy atom. The van der Waals surface area contributed by atoms with E-state index in [0.29, 0.717) is 23.7 Å². The van der Waals surface area contributed by atoms with Gasteiger partial charge in [-0.05, 0) is 19.1 Å². The number of hydrogen-bond donors (Lipinski definition) is 1. The molecule has 1 amide bonds. The Kier molecular flexibility index (Phi) is 3.78. The molecule has 1 aromatic heterocycles. The lowest BCUT2D eigenvalue weighted by atomic mass is 10.0. The number of nitrogens with one attached hydrogen (secondary N) is 1. The molecule has 0 aliphatic carbocycles. The molecule has 1 aliphatic rings. The molecule has 22 heavy (non-hydrogen) atoms. The third kappa shape index (κ3) is 2.93. The molecule has 2 aromatic rings. The number of carbonyl (C=O) groups excluding carboxylic acids is 1. The first-order valence-corrected chi connectivity index (χ1v) is 6.77. The van der Waals surface area contributed by atoms with Gasteiger partial charge in [-0.2, -0.15) is 0 Å². The minimum absolute atomic E-state index is 0.310. The lowest BCUT2D eigenvalue weighted by Crippen LogP contribution is -2.28. The van der Waals surface area contributed by atoms with Crippen LogP contribution in [0.2, 0.25) is 0 Å². The van der Waals surface area contributed by atoms with Crippen molar-refractivity contribution in [3.05, 3.63) is 41.7 Å². The number of oxime groups is 1. The van der Waals surface area contributed by atoms with Crippen molar-refractivity contribution in [2.24, 2.45) is 5.16 Å². The number of aryl methyl sites for hydroxylation is 1. The Morgan fingerprint density at radius 1 is 1.41 bits per heavy atom. The van der Waals surface area contributed by atoms with Crippen molar-refractivity contribution in [2.45, 2.75) is 19.4 Å². The fourth-order valence-corrected chi connectivity index (χ4v) is 2.12. The number of anilines is 1. The van der Waals surface area contributed by atoms with Gasteiger partial charge in [0, 0.05) is 18.1 Å². The molecule has 1 aliphatic heterocycles. The summed E-state index contributed by atoms with van der Waals surface area (Å²) in [5.74, 6) is 1.40. The van der Waals surface area contributed by atoms with E-state index in [4.69, 9.17) is 14.1 Å². The molecule has 0 radical (unpaired) electrons. The molecule has 114 valence electrons. The van der Waals surface area contributed by atoms with Gasteiger partial charge < -0.3 is 19.4 Å². The third-order valence-corrected chi connectivity index (χ3v) is 3.24. The molecule has 0 fully saturated rings. The van der Waals surface area contributed by atoms with E-state index in [0.717, 1.165) is 11.3 Å². The van der Waals surface area contributed by atoms with E-state index in [-0.39, 0.29) is 5.91 Å². The van der Waals surface area contributed by atoms with Crippen LogP contribution in [0.25, 0.3) is 0 Å². The normalized spacial score (nSPS) is 16.8. The van der Waals surface area contributed by atoms with Gasteiger partial charge in [-0.1, -0.05) is 22.4 Å². The average Bonchev–Trinajstić information content (AvgIpc) is 3.16. The van der Waals surface area contributed by atoms with Crippen molar-refractivity contribution in [1.82, 2.24) is 5.16 Å². The molecule has 0 spiro atoms. The number of methoxy groups -OCH3 is 1. The van der Waals surface area contributed by atoms with Crippen LogP contribution in [0.3, 0.4) is 0 Å². The van der Waals surface area contributed by atoms with Crippen LogP contribution in [-0.2, 0) is 9.63 Å². The molecular formula is C15H15N3O4. The van der Waals surface area contributed by atoms with Crippen molar-refractivity contribution in [1.29, 1.82) is 0 Å². The summed E-state index contributed by atoms with van der Waals surface area (Å²) >= 11 is 0. The summed E-state index contributed by atoms with van der Waals surface area (Å²) in [4.78, 5) is 17.3. The van der Waals surface area contributed by atoms with Crippen LogP contribution < -0.4 is 10.1 Å². The number of carbonyl (C=O) groups is 1. The van der Waals surface area contributed by atoms with Crippen molar-refractivity contribution in [3.63, 3.8) is 0 Å². The van der Waals surface area contributed by atoms with Crippen molar-refractivity contribution in [3.8, 4) is 5.75 Å². The molecular weight excluding hydrogens is 286 g/mol. The van der Waals surface area contributed by atoms with E-state index in [1.165, 1.54) is 0 Å². The third-order valence-electron chi connectivity index (χ3n) is 3.24. The fraction of sp³-hybridized carbons (Fsp3) is 0.267. The van der Waals surface area contributed by atoms with Gasteiger partial charge >= 0.3 is 0 Å². The van der Waals surface area contributed by atoms with Gasteiger partial charge in [0.15, 0.2) is 5.82 Å². The molecule has 0 bridgehead atoms. The van der Waals surface area contributed by atoms with Gasteiger partial charge in [0.05, 0.1) is 12.8 Å². The molecule has 0 saturated heterocycles. The van der Waals surface area contributed by atoms with Crippen LogP contribution in [0.15, 0.2) is 40.0 Å². The van der Waals surface area contributed by atoms with E-state index in [2.05, 4.69) is 15.6 Å². The summed E-state index contributed by atoms with van der Waals surface area (Å²) in [5, 5.41) is 10.3. The van der Waals surface area contributed by atoms with E-state index >= 15 is 0 Å². The van der Waals surface area contributed by atoms with Gasteiger partial charge in [-0.15, -0.1) is 0 Å². The number of hydrogen-bond acceptors (Lipinski definition) is 6. The zero-order valence-corrected chi connectivity index (χ0v) is 12.2. The predicted octanol–water partition coefficient (Wildman–Crippen LogP) is 2.12. The maximum Gasteiger partial charge on any atom is 0.269 e. The summed E-state index contributed by atoms with van der Waals surface area (Å²) in [6, 6.07) is 9.09. The minimum atomic E-state index is -0.682. The SMILES string of the molecule is COc1cccc(C2=NO[C@H](C(=O)Nc3cc(C)on3)C2)c1. The van der Waals surface area contributed by atoms with Gasteiger partial charge in [0.1, 0.15) is 11.5 Å². The zero-order valence-electron chi connectivity index (χ0n) is 12.2. The fourth-order valence-electron chi connectivity index (χ4n) is 2.12. The zero-order chi connectivity index (χ0) is 15.5. The van der Waals surface area contributed by atoms with Crippen molar-refractivity contribution < 1.29 is 18.9 Å². The molecule has 7 nitrogen and oxygen atoms in total. The van der Waals surface area contributed by atoms with Gasteiger partial charge in [0.25, 0.3) is 5.91 Å². The topological polar surface area (TPSA) is 86.0 Å². The highest BCUT2D eigenvalue weighted by Gasteiger charge is 2.29. The van der Waals surface area contributed by atoms with Gasteiger partial charge in [-0.3, -0.25) is 4.79 Å². The molecule has 0 unspecified atom stereocenters. The van der Waals surface area contributed by atoms with Gasteiger partial charge in [-0.25, -0.2) is 0 Å². The highest BCUT2D eigenvalue weighted by molar-refractivity contribution is 6.06. The highest BCUT2D eigenvalue weighted by Crippen LogP contribution is 2.21. The number of amides is 1. The Balaban J connectivity index is 1.64. The molecule has 0 saturated carbocycles. The second-order valence-electron chi connectivity index (χ2n) is 4.88. The minimum Gasteiger partial charge on any atom is -0.497 e. The Morgan fingerprint density at radius 3 is 3.00 bits per heavy atom. The number of aromatic nitrogens is 1. The quantitative estimate of drug-likeness (QED) is 0.934. The van der Waals surface area contributed by atoms with Crippen molar-refractivity contribution >= 4 is 17.4 Å². The van der Waals surface area contributed by atoms with Crippen LogP contribution in [0, 0.1) is 6.92 Å². The first-order valence-electron chi connectivity index (χ1n) is 6.77. The highest BCUT2D eigenvalue weighted by atomic mass is 16.6. The summed E-state index contributed by atoms with van der Waals surface area (Å²) < 4.78 is 10.1. The summed E-state index contributed by atoms with van der Waals surface area (Å²) in [6.45, 7) is 1.75. The van der Waals surface area contributed by atoms with E-state index in [1.807, 2.05) is 24.3 Å². The van der Waals surface area contributed by atoms with E-state index in [1.54, 1.807) is 20.1 Å². The Labute approximate surface area is 126 Å². The second-order valence-corrected chi connectivity index (χ2v) is 4.88. The lowest BCUT2D eigenvalue weighted by molar-refractivity contribution is -0.125. The summed E-state index contributed by atoms with van der Waals surface area (Å²) in [7, 11) is 1.60. The molecule has 3 rings (SSSR count). The van der Waals surface area contributed by atoms with Crippen LogP contribution in [-0.4, -0.2) is 30.0 Å². The Hall–Kier alpha value is -2.83. The standard InChI is InChI=1S/C15H15N3O4/c1-9-6-14(18-21-9)16-15(19)13-8-12(17-22-13)10-4-3-5-11(7-10)20-2/h3-7,13H,8H2,1-2H3,(H,16,18,19)/t13-/m0/s1. The molecule has 1 aromatic carbocycles. The van der Waals surface area contributed by atoms with E-state index in [9.17, 15) is 4.79 Å². The molecule has 7 heteroatoms. The van der Waals surface area contributed by atoms with Crippen LogP contribution in [0.4, 0.5) is 5.82 Å². The monoisotopic (exact) mass is 301 g/mol. The van der Waals surface area contributed by atoms with Crippen molar-refractivity contribution in [2.75, 3.05) is 12.4 Å². The molecule has 1 atom stereocenters. The summed E-state index contributed by atoms with van der Waals surface area (Å²) in [5.41, 5.74) is 1.57. The average molecular weight is 301 g/mol. The number of benzene rings is 1. The first kappa shape index (κ1) is 14.1. The largest absolute Gasteiger partial charge is 0.497 e. The van der Waals surface area contributed by atoms with Gasteiger partial charge in [0.2, 0.25) is 6.10 Å². The number of nitrogens with zero attached hydrogens (tertiary/aromatic N) is 2. The van der Waals surface area contributed by atoms with Crippen LogP contribution in [0.1, 0.15) is 17.7 Å². The number of rotatable bonds is 4. The lowest BCUT2D eigenvalue weighted by Gasteiger charge is -2.07. The molecule has 1 N–H and O–H groups in total. The Bertz CT molecular complexity index is 723. The maximum absolute atomic E-state index is 12.1. The first-order chi connectivity index (χ1) is 10.7. The van der Waals surface area contributed by atoms with E-state index < -0.39 is 6.10 Å². The second kappa shape index (κ2) is 5.88. The number of ether oxygens (including phenoxy) is 1. The summed E-state index contributed by atoms with van der Waals surface area (Å²) in [6.07, 6.45) is -0.297. The predicted molar refractivity (Wildman–Crippen MR) is 78.9 cm³/mol. The van der Waals surface area contributed by atoms with Crippen LogP contribution in [0.5, 0.6) is 5.75 Å². The smallest absolute Gasteiger partial charge is 0.269 e. The maximum atomic E-state index is 12.1. The van der Waals surface area contributed by atoms with Crippen LogP contribution >= 0.6 is 0 Å².